The highest BCUT2D eigenvalue weighted by Crippen LogP contribution is 2.28. The van der Waals surface area contributed by atoms with Crippen LogP contribution in [0.4, 0.5) is 0 Å². The molecular weight excluding hydrogens is 192 g/mol. The van der Waals surface area contributed by atoms with Gasteiger partial charge in [0.2, 0.25) is 0 Å². The average molecular weight is 218 g/mol. The van der Waals surface area contributed by atoms with Crippen LogP contribution in [-0.4, -0.2) is 0 Å². The standard InChI is InChI=1S/C16H26/c1-4-5-9-16(13-12-14(2)3)15-10-7-6-8-11-15/h6-8,10-11,14,16H,4-5,9,12-13H2,1-3H3. The molecule has 0 aliphatic carbocycles. The molecule has 1 aromatic rings. The maximum Gasteiger partial charge on any atom is -0.0162 e. The van der Waals surface area contributed by atoms with Gasteiger partial charge in [0.15, 0.2) is 0 Å². The molecule has 0 heterocycles. The summed E-state index contributed by atoms with van der Waals surface area (Å²) in [6, 6.07) is 11.0. The third kappa shape index (κ3) is 4.83. The minimum atomic E-state index is 0.781. The van der Waals surface area contributed by atoms with Gasteiger partial charge >= 0.3 is 0 Å². The normalized spacial score (nSPS) is 13.0. The van der Waals surface area contributed by atoms with Gasteiger partial charge in [-0.15, -0.1) is 0 Å². The molecule has 0 saturated heterocycles. The molecule has 0 bridgehead atoms. The van der Waals surface area contributed by atoms with Crippen LogP contribution in [0.25, 0.3) is 0 Å². The van der Waals surface area contributed by atoms with E-state index in [0.717, 1.165) is 11.8 Å². The molecule has 0 N–H and O–H groups in total. The van der Waals surface area contributed by atoms with Crippen LogP contribution in [0.2, 0.25) is 0 Å². The van der Waals surface area contributed by atoms with Crippen molar-refractivity contribution in [1.29, 1.82) is 0 Å². The van der Waals surface area contributed by atoms with Crippen LogP contribution in [0.3, 0.4) is 0 Å². The molecule has 16 heavy (non-hydrogen) atoms. The van der Waals surface area contributed by atoms with Crippen molar-refractivity contribution in [3.8, 4) is 0 Å². The zero-order valence-corrected chi connectivity index (χ0v) is 11.1. The highest BCUT2D eigenvalue weighted by molar-refractivity contribution is 5.19. The predicted molar refractivity (Wildman–Crippen MR) is 72.8 cm³/mol. The smallest absolute Gasteiger partial charge is 0.0162 e. The highest BCUT2D eigenvalue weighted by atomic mass is 14.2. The molecule has 0 aliphatic rings. The van der Waals surface area contributed by atoms with Crippen LogP contribution in [0, 0.1) is 5.92 Å². The van der Waals surface area contributed by atoms with Gasteiger partial charge < -0.3 is 0 Å². The Labute approximate surface area is 101 Å². The van der Waals surface area contributed by atoms with Gasteiger partial charge in [-0.25, -0.2) is 0 Å². The first kappa shape index (κ1) is 13.3. The highest BCUT2D eigenvalue weighted by Gasteiger charge is 2.11. The van der Waals surface area contributed by atoms with Gasteiger partial charge in [0.25, 0.3) is 0 Å². The fourth-order valence-electron chi connectivity index (χ4n) is 2.19. The molecule has 1 atom stereocenters. The molecule has 0 radical (unpaired) electrons. The van der Waals surface area contributed by atoms with E-state index in [1.165, 1.54) is 37.7 Å². The molecule has 1 aromatic carbocycles. The molecule has 0 fully saturated rings. The monoisotopic (exact) mass is 218 g/mol. The molecule has 0 heteroatoms. The summed E-state index contributed by atoms with van der Waals surface area (Å²) < 4.78 is 0. The van der Waals surface area contributed by atoms with E-state index in [0.29, 0.717) is 0 Å². The minimum Gasteiger partial charge on any atom is -0.0654 e. The van der Waals surface area contributed by atoms with E-state index < -0.39 is 0 Å². The van der Waals surface area contributed by atoms with Crippen molar-refractivity contribution in [3.63, 3.8) is 0 Å². The quantitative estimate of drug-likeness (QED) is 0.575. The van der Waals surface area contributed by atoms with Crippen molar-refractivity contribution in [1.82, 2.24) is 0 Å². The molecule has 0 saturated carbocycles. The lowest BCUT2D eigenvalue weighted by Gasteiger charge is -2.18. The van der Waals surface area contributed by atoms with Crippen molar-refractivity contribution in [2.75, 3.05) is 0 Å². The Morgan fingerprint density at radius 2 is 1.62 bits per heavy atom. The lowest BCUT2D eigenvalue weighted by molar-refractivity contribution is 0.470. The number of unbranched alkanes of at least 4 members (excludes halogenated alkanes) is 1. The second kappa shape index (κ2) is 7.49. The average Bonchev–Trinajstić information content (AvgIpc) is 2.30. The largest absolute Gasteiger partial charge is 0.0654 e. The second-order valence-corrected chi connectivity index (χ2v) is 5.22. The van der Waals surface area contributed by atoms with E-state index in [1.807, 2.05) is 0 Å². The lowest BCUT2D eigenvalue weighted by Crippen LogP contribution is -2.01. The molecular formula is C16H26. The van der Waals surface area contributed by atoms with Crippen molar-refractivity contribution in [2.45, 2.75) is 58.8 Å². The summed E-state index contributed by atoms with van der Waals surface area (Å²) in [5.41, 5.74) is 1.54. The van der Waals surface area contributed by atoms with E-state index in [-0.39, 0.29) is 0 Å². The fourth-order valence-corrected chi connectivity index (χ4v) is 2.19. The zero-order chi connectivity index (χ0) is 11.8. The fraction of sp³-hybridized carbons (Fsp3) is 0.625. The number of hydrogen-bond donors (Lipinski definition) is 0. The van der Waals surface area contributed by atoms with Gasteiger partial charge in [0, 0.05) is 0 Å². The maximum atomic E-state index is 2.32. The minimum absolute atomic E-state index is 0.781. The molecule has 1 rings (SSSR count). The first-order valence-electron chi connectivity index (χ1n) is 6.79. The second-order valence-electron chi connectivity index (χ2n) is 5.22. The molecule has 0 nitrogen and oxygen atoms in total. The van der Waals surface area contributed by atoms with Crippen LogP contribution in [-0.2, 0) is 0 Å². The number of rotatable bonds is 7. The van der Waals surface area contributed by atoms with E-state index >= 15 is 0 Å². The van der Waals surface area contributed by atoms with Crippen molar-refractivity contribution >= 4 is 0 Å². The van der Waals surface area contributed by atoms with Gasteiger partial charge in [-0.1, -0.05) is 70.4 Å². The SMILES string of the molecule is CCCCC(CCC(C)C)c1ccccc1. The van der Waals surface area contributed by atoms with E-state index in [9.17, 15) is 0 Å². The molecule has 1 unspecified atom stereocenters. The summed E-state index contributed by atoms with van der Waals surface area (Å²) in [5.74, 6) is 1.61. The lowest BCUT2D eigenvalue weighted by atomic mass is 9.87. The Morgan fingerprint density at radius 1 is 0.938 bits per heavy atom. The van der Waals surface area contributed by atoms with Gasteiger partial charge in [-0.3, -0.25) is 0 Å². The van der Waals surface area contributed by atoms with E-state index in [2.05, 4.69) is 51.1 Å². The summed E-state index contributed by atoms with van der Waals surface area (Å²) in [4.78, 5) is 0. The Balaban J connectivity index is 2.56. The third-order valence-corrected chi connectivity index (χ3v) is 3.27. The van der Waals surface area contributed by atoms with Crippen molar-refractivity contribution in [3.05, 3.63) is 35.9 Å². The van der Waals surface area contributed by atoms with Gasteiger partial charge in [0.1, 0.15) is 0 Å². The first-order valence-corrected chi connectivity index (χ1v) is 6.79. The molecule has 90 valence electrons. The Morgan fingerprint density at radius 3 is 2.19 bits per heavy atom. The van der Waals surface area contributed by atoms with E-state index in [4.69, 9.17) is 0 Å². The molecule has 0 amide bonds. The number of benzene rings is 1. The van der Waals surface area contributed by atoms with Crippen molar-refractivity contribution in [2.24, 2.45) is 5.92 Å². The van der Waals surface area contributed by atoms with Crippen LogP contribution in [0.1, 0.15) is 64.4 Å². The Kier molecular flexibility index (Phi) is 6.22. The van der Waals surface area contributed by atoms with Gasteiger partial charge in [-0.05, 0) is 30.2 Å². The summed E-state index contributed by atoms with van der Waals surface area (Å²) in [6.07, 6.45) is 6.72. The van der Waals surface area contributed by atoms with Crippen LogP contribution in [0.5, 0.6) is 0 Å². The van der Waals surface area contributed by atoms with Gasteiger partial charge in [-0.2, -0.15) is 0 Å². The first-order chi connectivity index (χ1) is 7.74. The number of hydrogen-bond acceptors (Lipinski definition) is 0. The Hall–Kier alpha value is -0.780. The van der Waals surface area contributed by atoms with Crippen LogP contribution >= 0.6 is 0 Å². The van der Waals surface area contributed by atoms with Crippen molar-refractivity contribution < 1.29 is 0 Å². The molecule has 0 aromatic heterocycles. The maximum absolute atomic E-state index is 2.32. The Bertz CT molecular complexity index is 261. The van der Waals surface area contributed by atoms with Crippen LogP contribution in [0.15, 0.2) is 30.3 Å². The summed E-state index contributed by atoms with van der Waals surface area (Å²) in [6.45, 7) is 6.92. The zero-order valence-electron chi connectivity index (χ0n) is 11.1. The topological polar surface area (TPSA) is 0 Å². The van der Waals surface area contributed by atoms with Crippen LogP contribution < -0.4 is 0 Å². The summed E-state index contributed by atoms with van der Waals surface area (Å²) in [7, 11) is 0. The summed E-state index contributed by atoms with van der Waals surface area (Å²) in [5, 5.41) is 0. The third-order valence-electron chi connectivity index (χ3n) is 3.27. The van der Waals surface area contributed by atoms with Gasteiger partial charge in [0.05, 0.1) is 0 Å². The molecule has 0 spiro atoms. The van der Waals surface area contributed by atoms with E-state index in [1.54, 1.807) is 0 Å². The predicted octanol–water partition coefficient (Wildman–Crippen LogP) is 5.40. The molecule has 0 aliphatic heterocycles. The summed E-state index contributed by atoms with van der Waals surface area (Å²) >= 11 is 0.